The summed E-state index contributed by atoms with van der Waals surface area (Å²) in [5.74, 6) is -0.231. The Kier molecular flexibility index (Phi) is 4.48. The maximum atomic E-state index is 13.1. The van der Waals surface area contributed by atoms with Crippen molar-refractivity contribution in [3.05, 3.63) is 88.5 Å². The third-order valence-corrected chi connectivity index (χ3v) is 6.66. The van der Waals surface area contributed by atoms with Crippen molar-refractivity contribution in [2.24, 2.45) is 7.05 Å². The van der Waals surface area contributed by atoms with E-state index < -0.39 is 0 Å². The topological polar surface area (TPSA) is 42.3 Å². The molecule has 1 aliphatic rings. The Morgan fingerprint density at radius 1 is 0.933 bits per heavy atom. The van der Waals surface area contributed by atoms with Crippen LogP contribution in [0.5, 0.6) is 0 Å². The maximum Gasteiger partial charge on any atom is 0.293 e. The summed E-state index contributed by atoms with van der Waals surface area (Å²) in [7, 11) is 2.01. The standard InChI is InChI=1S/C25H20N2O2S/c1-16-21(20-9-5-6-10-22(20)26(16)2)14-23-24(28)27(25(29)30-23)15-17-11-12-18-7-3-4-8-19(18)13-17/h3-14H,15H2,1-2H3/b23-14-. The van der Waals surface area contributed by atoms with Crippen molar-refractivity contribution in [1.29, 1.82) is 0 Å². The van der Waals surface area contributed by atoms with E-state index in [2.05, 4.69) is 16.7 Å². The van der Waals surface area contributed by atoms with Crippen LogP contribution in [0.15, 0.2) is 71.6 Å². The average Bonchev–Trinajstić information content (AvgIpc) is 3.17. The number of benzene rings is 3. The van der Waals surface area contributed by atoms with E-state index in [-0.39, 0.29) is 17.7 Å². The lowest BCUT2D eigenvalue weighted by Gasteiger charge is -2.13. The predicted molar refractivity (Wildman–Crippen MR) is 123 cm³/mol. The highest BCUT2D eigenvalue weighted by Gasteiger charge is 2.35. The van der Waals surface area contributed by atoms with Gasteiger partial charge in [0.1, 0.15) is 0 Å². The Bertz CT molecular complexity index is 1370. The predicted octanol–water partition coefficient (Wildman–Crippen LogP) is 5.88. The monoisotopic (exact) mass is 412 g/mol. The number of thioether (sulfide) groups is 1. The third-order valence-electron chi connectivity index (χ3n) is 5.75. The van der Waals surface area contributed by atoms with E-state index in [9.17, 15) is 9.59 Å². The van der Waals surface area contributed by atoms with E-state index >= 15 is 0 Å². The van der Waals surface area contributed by atoms with E-state index in [1.54, 1.807) is 0 Å². The van der Waals surface area contributed by atoms with Gasteiger partial charge >= 0.3 is 0 Å². The van der Waals surface area contributed by atoms with E-state index in [0.29, 0.717) is 4.91 Å². The summed E-state index contributed by atoms with van der Waals surface area (Å²) in [6.07, 6.45) is 1.86. The largest absolute Gasteiger partial charge is 0.347 e. The van der Waals surface area contributed by atoms with Gasteiger partial charge in [-0.15, -0.1) is 0 Å². The quantitative estimate of drug-likeness (QED) is 0.395. The van der Waals surface area contributed by atoms with Gasteiger partial charge < -0.3 is 4.57 Å². The number of nitrogens with zero attached hydrogens (tertiary/aromatic N) is 2. The molecule has 2 amide bonds. The Morgan fingerprint density at radius 3 is 2.50 bits per heavy atom. The Morgan fingerprint density at radius 2 is 1.67 bits per heavy atom. The molecule has 0 unspecified atom stereocenters. The summed E-state index contributed by atoms with van der Waals surface area (Å²) in [6, 6.07) is 22.2. The highest BCUT2D eigenvalue weighted by Crippen LogP contribution is 2.36. The van der Waals surface area contributed by atoms with Gasteiger partial charge in [0.2, 0.25) is 0 Å². The molecule has 5 heteroatoms. The van der Waals surface area contributed by atoms with E-state index in [4.69, 9.17) is 0 Å². The van der Waals surface area contributed by atoms with Crippen molar-refractivity contribution in [3.63, 3.8) is 0 Å². The molecule has 30 heavy (non-hydrogen) atoms. The molecule has 148 valence electrons. The first-order valence-corrected chi connectivity index (χ1v) is 10.6. The van der Waals surface area contributed by atoms with Crippen LogP contribution in [0.1, 0.15) is 16.8 Å². The molecule has 2 heterocycles. The van der Waals surface area contributed by atoms with Crippen LogP contribution in [0.3, 0.4) is 0 Å². The first-order valence-electron chi connectivity index (χ1n) is 9.80. The van der Waals surface area contributed by atoms with Crippen LogP contribution < -0.4 is 0 Å². The van der Waals surface area contributed by atoms with Crippen molar-refractivity contribution < 1.29 is 9.59 Å². The van der Waals surface area contributed by atoms with Gasteiger partial charge in [0, 0.05) is 29.2 Å². The number of amides is 2. The second kappa shape index (κ2) is 7.18. The van der Waals surface area contributed by atoms with Crippen LogP contribution in [-0.2, 0) is 18.4 Å². The number of fused-ring (bicyclic) bond motifs is 2. The molecule has 1 saturated heterocycles. The summed E-state index contributed by atoms with van der Waals surface area (Å²) in [5, 5.41) is 3.10. The van der Waals surface area contributed by atoms with Gasteiger partial charge in [0.15, 0.2) is 0 Å². The van der Waals surface area contributed by atoms with Gasteiger partial charge in [-0.2, -0.15) is 0 Å². The molecule has 0 N–H and O–H groups in total. The minimum Gasteiger partial charge on any atom is -0.347 e. The normalized spacial score (nSPS) is 15.8. The molecule has 0 aliphatic carbocycles. The number of para-hydroxylation sites is 1. The highest BCUT2D eigenvalue weighted by atomic mass is 32.2. The molecule has 0 spiro atoms. The molecule has 0 radical (unpaired) electrons. The van der Waals surface area contributed by atoms with Crippen LogP contribution in [0.4, 0.5) is 4.79 Å². The zero-order valence-electron chi connectivity index (χ0n) is 16.8. The molecule has 4 aromatic rings. The number of carbonyl (C=O) groups is 2. The molecule has 0 atom stereocenters. The fraction of sp³-hybridized carbons (Fsp3) is 0.120. The van der Waals surface area contributed by atoms with Crippen molar-refractivity contribution in [3.8, 4) is 0 Å². The lowest BCUT2D eigenvalue weighted by Crippen LogP contribution is -2.27. The van der Waals surface area contributed by atoms with E-state index in [1.165, 1.54) is 4.90 Å². The summed E-state index contributed by atoms with van der Waals surface area (Å²) < 4.78 is 2.11. The maximum absolute atomic E-state index is 13.1. The first-order chi connectivity index (χ1) is 14.5. The fourth-order valence-corrected chi connectivity index (χ4v) is 4.84. The second-order valence-electron chi connectivity index (χ2n) is 7.52. The minimum atomic E-state index is -0.231. The van der Waals surface area contributed by atoms with Gasteiger partial charge in [0.05, 0.1) is 11.4 Å². The summed E-state index contributed by atoms with van der Waals surface area (Å²) in [4.78, 5) is 27.5. The third kappa shape index (κ3) is 3.02. The summed E-state index contributed by atoms with van der Waals surface area (Å²) in [5.41, 5.74) is 4.11. The molecule has 1 aromatic heterocycles. The minimum absolute atomic E-state index is 0.225. The number of aryl methyl sites for hydroxylation is 1. The Balaban J connectivity index is 1.48. The van der Waals surface area contributed by atoms with Crippen LogP contribution in [0.2, 0.25) is 0 Å². The number of aromatic nitrogens is 1. The molecule has 0 saturated carbocycles. The fourth-order valence-electron chi connectivity index (χ4n) is 4.02. The second-order valence-corrected chi connectivity index (χ2v) is 8.52. The number of hydrogen-bond donors (Lipinski definition) is 0. The van der Waals surface area contributed by atoms with Crippen LogP contribution in [0.25, 0.3) is 27.8 Å². The smallest absolute Gasteiger partial charge is 0.293 e. The Labute approximate surface area is 178 Å². The molecule has 5 rings (SSSR count). The molecular formula is C25H20N2O2S. The average molecular weight is 413 g/mol. The number of imide groups is 1. The SMILES string of the molecule is Cc1c(/C=C2\SC(=O)N(Cc3ccc4ccccc4c3)C2=O)c2ccccc2n1C. The van der Waals surface area contributed by atoms with Gasteiger partial charge in [-0.25, -0.2) is 0 Å². The molecular weight excluding hydrogens is 392 g/mol. The van der Waals surface area contributed by atoms with E-state index in [0.717, 1.165) is 50.3 Å². The van der Waals surface area contributed by atoms with Crippen LogP contribution in [0, 0.1) is 6.92 Å². The van der Waals surface area contributed by atoms with Crippen molar-refractivity contribution in [1.82, 2.24) is 9.47 Å². The molecule has 0 bridgehead atoms. The molecule has 4 nitrogen and oxygen atoms in total. The molecule has 1 aliphatic heterocycles. The van der Waals surface area contributed by atoms with Crippen molar-refractivity contribution in [2.75, 3.05) is 0 Å². The van der Waals surface area contributed by atoms with Crippen LogP contribution >= 0.6 is 11.8 Å². The number of carbonyl (C=O) groups excluding carboxylic acids is 2. The van der Waals surface area contributed by atoms with Gasteiger partial charge in [0.25, 0.3) is 11.1 Å². The first kappa shape index (κ1) is 18.7. The molecule has 1 fully saturated rings. The summed E-state index contributed by atoms with van der Waals surface area (Å²) in [6.45, 7) is 2.31. The lowest BCUT2D eigenvalue weighted by atomic mass is 10.1. The van der Waals surface area contributed by atoms with E-state index in [1.807, 2.05) is 74.6 Å². The highest BCUT2D eigenvalue weighted by molar-refractivity contribution is 8.18. The number of rotatable bonds is 3. The lowest BCUT2D eigenvalue weighted by molar-refractivity contribution is -0.123. The van der Waals surface area contributed by atoms with Crippen molar-refractivity contribution >= 4 is 50.7 Å². The zero-order chi connectivity index (χ0) is 20.8. The van der Waals surface area contributed by atoms with Gasteiger partial charge in [-0.1, -0.05) is 54.6 Å². The summed E-state index contributed by atoms with van der Waals surface area (Å²) >= 11 is 1.02. The van der Waals surface area contributed by atoms with Gasteiger partial charge in [-0.3, -0.25) is 14.5 Å². The van der Waals surface area contributed by atoms with Crippen LogP contribution in [-0.4, -0.2) is 20.6 Å². The van der Waals surface area contributed by atoms with Gasteiger partial charge in [-0.05, 0) is 53.2 Å². The zero-order valence-corrected chi connectivity index (χ0v) is 17.6. The molecule has 3 aromatic carbocycles. The number of hydrogen-bond acceptors (Lipinski definition) is 3. The van der Waals surface area contributed by atoms with Crippen molar-refractivity contribution in [2.45, 2.75) is 13.5 Å². The Hall–Kier alpha value is -3.31.